The van der Waals surface area contributed by atoms with Crippen molar-refractivity contribution in [2.75, 3.05) is 0 Å². The number of hydrogen-bond acceptors (Lipinski definition) is 4. The number of nitrogens with zero attached hydrogens (tertiary/aromatic N) is 1. The maximum Gasteiger partial charge on any atom is 0.254 e. The molecule has 6 heteroatoms. The minimum absolute atomic E-state index is 0.178. The van der Waals surface area contributed by atoms with Gasteiger partial charge in [-0.25, -0.2) is 8.42 Å². The Balaban J connectivity index is 0.000000177. The molecule has 1 heterocycles. The van der Waals surface area contributed by atoms with Gasteiger partial charge in [0.1, 0.15) is 17.2 Å². The number of phenolic OH excluding ortho intramolecular Hbond substituents is 1. The predicted molar refractivity (Wildman–Crippen MR) is 90.7 cm³/mol. The first-order valence-electron chi connectivity index (χ1n) is 7.29. The van der Waals surface area contributed by atoms with Crippen molar-refractivity contribution in [3.8, 4) is 5.75 Å². The molecule has 0 saturated carbocycles. The zero-order valence-electron chi connectivity index (χ0n) is 13.7. The van der Waals surface area contributed by atoms with Gasteiger partial charge in [0, 0.05) is 6.07 Å². The standard InChI is InChI=1S/C11H11NO.C7H8O3S/c1-8-6-7-12(2)11-9(8)4-3-5-10(11)13;1-6-2-4-7(5-3-6)11(8,9)10/h3-7H,1-2H3;2-5H,1H3,(H,8,9,10). The van der Waals surface area contributed by atoms with Crippen LogP contribution in [0, 0.1) is 13.8 Å². The van der Waals surface area contributed by atoms with Crippen LogP contribution in [0.3, 0.4) is 0 Å². The van der Waals surface area contributed by atoms with Gasteiger partial charge in [-0.05, 0) is 43.7 Å². The maximum absolute atomic E-state index is 10.4. The van der Waals surface area contributed by atoms with Crippen molar-refractivity contribution in [1.82, 2.24) is 0 Å². The van der Waals surface area contributed by atoms with Crippen LogP contribution in [0.5, 0.6) is 5.75 Å². The number of hydrogen-bond donors (Lipinski definition) is 1. The van der Waals surface area contributed by atoms with E-state index < -0.39 is 10.1 Å². The molecular weight excluding hydrogens is 326 g/mol. The van der Waals surface area contributed by atoms with Gasteiger partial charge in [-0.1, -0.05) is 23.8 Å². The van der Waals surface area contributed by atoms with Gasteiger partial charge in [0.2, 0.25) is 0 Å². The van der Waals surface area contributed by atoms with E-state index in [0.717, 1.165) is 16.5 Å². The number of phenols is 1. The summed E-state index contributed by atoms with van der Waals surface area (Å²) in [5.41, 5.74) is 3.00. The van der Waals surface area contributed by atoms with Crippen LogP contribution in [-0.2, 0) is 17.2 Å². The lowest BCUT2D eigenvalue weighted by molar-refractivity contribution is -0.645. The van der Waals surface area contributed by atoms with Crippen molar-refractivity contribution in [2.45, 2.75) is 18.7 Å². The van der Waals surface area contributed by atoms with Crippen molar-refractivity contribution < 1.29 is 22.6 Å². The van der Waals surface area contributed by atoms with Crippen molar-refractivity contribution >= 4 is 21.0 Å². The van der Waals surface area contributed by atoms with Crippen LogP contribution in [-0.4, -0.2) is 18.1 Å². The molecular formula is C18H19NO4S. The summed E-state index contributed by atoms with van der Waals surface area (Å²) in [6.45, 7) is 3.86. The quantitative estimate of drug-likeness (QED) is 0.543. The second-order valence-electron chi connectivity index (χ2n) is 5.55. The third kappa shape index (κ3) is 4.10. The summed E-state index contributed by atoms with van der Waals surface area (Å²) in [5, 5.41) is 10.8. The minimum atomic E-state index is -4.27. The number of benzene rings is 2. The van der Waals surface area contributed by atoms with Crippen LogP contribution in [0.2, 0.25) is 0 Å². The molecule has 3 rings (SSSR count). The van der Waals surface area contributed by atoms with Crippen LogP contribution < -0.4 is 4.57 Å². The SMILES string of the molecule is Cc1cc[n+](C)c2c(O)cccc12.Cc1ccc(S(=O)(=O)[O-])cc1. The second-order valence-corrected chi connectivity index (χ2v) is 6.93. The third-order valence-electron chi connectivity index (χ3n) is 3.65. The number of aromatic nitrogens is 1. The number of rotatable bonds is 1. The van der Waals surface area contributed by atoms with Gasteiger partial charge in [0.25, 0.3) is 5.52 Å². The Labute approximate surface area is 141 Å². The van der Waals surface area contributed by atoms with Gasteiger partial charge in [-0.3, -0.25) is 0 Å². The Morgan fingerprint density at radius 2 is 1.62 bits per heavy atom. The molecule has 0 spiro atoms. The molecule has 0 atom stereocenters. The molecule has 0 saturated heterocycles. The Hall–Kier alpha value is -2.44. The fourth-order valence-corrected chi connectivity index (χ4v) is 2.78. The average molecular weight is 345 g/mol. The van der Waals surface area contributed by atoms with E-state index >= 15 is 0 Å². The molecule has 0 unspecified atom stereocenters. The molecule has 126 valence electrons. The second kappa shape index (κ2) is 6.98. The lowest BCUT2D eigenvalue weighted by Gasteiger charge is -2.05. The lowest BCUT2D eigenvalue weighted by atomic mass is 10.1. The largest absolute Gasteiger partial charge is 0.744 e. The molecule has 5 nitrogen and oxygen atoms in total. The Bertz CT molecular complexity index is 956. The number of pyridine rings is 1. The number of aryl methyl sites for hydroxylation is 3. The molecule has 1 N–H and O–H groups in total. The predicted octanol–water partition coefficient (Wildman–Crippen LogP) is 2.58. The molecule has 1 aromatic heterocycles. The third-order valence-corrected chi connectivity index (χ3v) is 4.50. The minimum Gasteiger partial charge on any atom is -0.744 e. The molecule has 0 aliphatic carbocycles. The van der Waals surface area contributed by atoms with Crippen LogP contribution in [0.1, 0.15) is 11.1 Å². The van der Waals surface area contributed by atoms with E-state index in [4.69, 9.17) is 0 Å². The molecule has 0 fully saturated rings. The van der Waals surface area contributed by atoms with E-state index in [0.29, 0.717) is 5.75 Å². The zero-order valence-corrected chi connectivity index (χ0v) is 14.5. The monoisotopic (exact) mass is 345 g/mol. The van der Waals surface area contributed by atoms with E-state index in [1.807, 2.05) is 49.9 Å². The highest BCUT2D eigenvalue weighted by atomic mass is 32.2. The highest BCUT2D eigenvalue weighted by molar-refractivity contribution is 7.85. The van der Waals surface area contributed by atoms with Crippen LogP contribution in [0.25, 0.3) is 10.9 Å². The molecule has 0 radical (unpaired) electrons. The van der Waals surface area contributed by atoms with Crippen LogP contribution in [0.15, 0.2) is 59.6 Å². The number of aromatic hydroxyl groups is 1. The highest BCUT2D eigenvalue weighted by Gasteiger charge is 2.10. The summed E-state index contributed by atoms with van der Waals surface area (Å²) in [6.07, 6.45) is 1.96. The van der Waals surface area contributed by atoms with Gasteiger partial charge in [-0.15, -0.1) is 0 Å². The van der Waals surface area contributed by atoms with E-state index in [1.54, 1.807) is 18.2 Å². The molecule has 0 amide bonds. The van der Waals surface area contributed by atoms with Gasteiger partial charge in [0.15, 0.2) is 11.9 Å². The van der Waals surface area contributed by atoms with Crippen molar-refractivity contribution in [3.05, 3.63) is 65.9 Å². The topological polar surface area (TPSA) is 81.3 Å². The van der Waals surface area contributed by atoms with E-state index in [9.17, 15) is 18.1 Å². The summed E-state index contributed by atoms with van der Waals surface area (Å²) >= 11 is 0. The maximum atomic E-state index is 10.4. The summed E-state index contributed by atoms with van der Waals surface area (Å²) in [7, 11) is -2.34. The highest BCUT2D eigenvalue weighted by Crippen LogP contribution is 2.22. The van der Waals surface area contributed by atoms with Crippen LogP contribution >= 0.6 is 0 Å². The Kier molecular flexibility index (Phi) is 5.21. The first kappa shape index (κ1) is 17.9. The number of fused-ring (bicyclic) bond motifs is 1. The first-order chi connectivity index (χ1) is 11.2. The first-order valence-corrected chi connectivity index (χ1v) is 8.70. The fraction of sp³-hybridized carbons (Fsp3) is 0.167. The van der Waals surface area contributed by atoms with Gasteiger partial charge in [0.05, 0.1) is 10.3 Å². The Morgan fingerprint density at radius 1 is 1.00 bits per heavy atom. The van der Waals surface area contributed by atoms with Crippen LogP contribution in [0.4, 0.5) is 0 Å². The van der Waals surface area contributed by atoms with E-state index in [-0.39, 0.29) is 4.90 Å². The summed E-state index contributed by atoms with van der Waals surface area (Å²) < 4.78 is 33.1. The zero-order chi connectivity index (χ0) is 17.9. The summed E-state index contributed by atoms with van der Waals surface area (Å²) in [4.78, 5) is -0.178. The van der Waals surface area contributed by atoms with E-state index in [1.165, 1.54) is 17.7 Å². The summed E-state index contributed by atoms with van der Waals surface area (Å²) in [6, 6.07) is 13.4. The average Bonchev–Trinajstić information content (AvgIpc) is 2.51. The van der Waals surface area contributed by atoms with E-state index in [2.05, 4.69) is 0 Å². The molecule has 2 aromatic carbocycles. The molecule has 0 aliphatic rings. The summed E-state index contributed by atoms with van der Waals surface area (Å²) in [5.74, 6) is 0.337. The van der Waals surface area contributed by atoms with Crippen molar-refractivity contribution in [2.24, 2.45) is 7.05 Å². The number of para-hydroxylation sites is 1. The van der Waals surface area contributed by atoms with Gasteiger partial charge in [-0.2, -0.15) is 4.57 Å². The van der Waals surface area contributed by atoms with Crippen molar-refractivity contribution in [3.63, 3.8) is 0 Å². The van der Waals surface area contributed by atoms with Gasteiger partial charge < -0.3 is 9.66 Å². The Morgan fingerprint density at radius 3 is 2.17 bits per heavy atom. The fourth-order valence-electron chi connectivity index (χ4n) is 2.31. The molecule has 0 bridgehead atoms. The van der Waals surface area contributed by atoms with Gasteiger partial charge >= 0.3 is 0 Å². The molecule has 3 aromatic rings. The van der Waals surface area contributed by atoms with Crippen molar-refractivity contribution in [1.29, 1.82) is 0 Å². The smallest absolute Gasteiger partial charge is 0.254 e. The lowest BCUT2D eigenvalue weighted by Crippen LogP contribution is -2.28. The normalized spacial score (nSPS) is 11.0. The molecule has 24 heavy (non-hydrogen) atoms. The molecule has 0 aliphatic heterocycles.